The molecule has 18 heavy (non-hydrogen) atoms. The predicted molar refractivity (Wildman–Crippen MR) is 80.3 cm³/mol. The third-order valence-electron chi connectivity index (χ3n) is 3.06. The van der Waals surface area contributed by atoms with Gasteiger partial charge in [-0.25, -0.2) is 0 Å². The van der Waals surface area contributed by atoms with Gasteiger partial charge in [-0.2, -0.15) is 0 Å². The minimum Gasteiger partial charge on any atom is -0.121 e. The number of benzene rings is 2. The predicted octanol–water partition coefficient (Wildman–Crippen LogP) is 5.07. The Balaban J connectivity index is 2.01. The summed E-state index contributed by atoms with van der Waals surface area (Å²) in [6.45, 7) is 0. The van der Waals surface area contributed by atoms with Crippen LogP contribution in [0.25, 0.3) is 5.57 Å². The second-order valence-electron chi connectivity index (χ2n) is 4.24. The van der Waals surface area contributed by atoms with Crippen molar-refractivity contribution in [2.75, 3.05) is 0 Å². The van der Waals surface area contributed by atoms with E-state index in [0.29, 0.717) is 5.25 Å². The third-order valence-corrected chi connectivity index (χ3v) is 4.17. The van der Waals surface area contributed by atoms with Gasteiger partial charge >= 0.3 is 0 Å². The van der Waals surface area contributed by atoms with Gasteiger partial charge in [0.2, 0.25) is 0 Å². The maximum atomic E-state index is 2.23. The van der Waals surface area contributed by atoms with Crippen LogP contribution in [0.3, 0.4) is 0 Å². The summed E-state index contributed by atoms with van der Waals surface area (Å²) >= 11 is 1.87. The molecule has 1 atom stereocenters. The van der Waals surface area contributed by atoms with Gasteiger partial charge in [0, 0.05) is 0 Å². The summed E-state index contributed by atoms with van der Waals surface area (Å²) in [5.41, 5.74) is 4.06. The van der Waals surface area contributed by atoms with Crippen LogP contribution in [-0.2, 0) is 0 Å². The zero-order chi connectivity index (χ0) is 12.2. The van der Waals surface area contributed by atoms with E-state index in [1.165, 1.54) is 16.7 Å². The molecule has 0 bridgehead atoms. The highest BCUT2D eigenvalue weighted by molar-refractivity contribution is 8.02. The first kappa shape index (κ1) is 11.4. The molecular formula is C17H14S. The van der Waals surface area contributed by atoms with E-state index in [0.717, 1.165) is 0 Å². The molecular weight excluding hydrogens is 236 g/mol. The average molecular weight is 250 g/mol. The largest absolute Gasteiger partial charge is 0.121 e. The van der Waals surface area contributed by atoms with Crippen LogP contribution in [0, 0.1) is 0 Å². The molecule has 0 aromatic heterocycles. The normalized spacial score (nSPS) is 18.4. The molecule has 0 amide bonds. The molecule has 0 radical (unpaired) electrons. The number of allylic oxidation sites excluding steroid dienone is 2. The molecule has 0 saturated heterocycles. The van der Waals surface area contributed by atoms with Crippen LogP contribution < -0.4 is 0 Å². The summed E-state index contributed by atoms with van der Waals surface area (Å²) in [5, 5.41) is 2.57. The number of hydrogen-bond donors (Lipinski definition) is 0. The van der Waals surface area contributed by atoms with Crippen LogP contribution in [0.15, 0.2) is 78.2 Å². The van der Waals surface area contributed by atoms with Crippen molar-refractivity contribution in [2.45, 2.75) is 5.25 Å². The Morgan fingerprint density at radius 2 is 1.44 bits per heavy atom. The summed E-state index contributed by atoms with van der Waals surface area (Å²) in [7, 11) is 0. The van der Waals surface area contributed by atoms with Crippen LogP contribution in [0.2, 0.25) is 0 Å². The van der Waals surface area contributed by atoms with Crippen molar-refractivity contribution in [2.24, 2.45) is 0 Å². The second kappa shape index (κ2) is 5.28. The van der Waals surface area contributed by atoms with Crippen molar-refractivity contribution in [3.8, 4) is 0 Å². The minimum absolute atomic E-state index is 0.401. The zero-order valence-corrected chi connectivity index (χ0v) is 10.8. The standard InChI is InChI=1S/C17H14S/c1-3-8-14(9-4-1)16-12-7-13-18-17(16)15-10-5-2-6-11-15/h1-13,17H. The SMILES string of the molecule is C1=CSC(c2ccccc2)C(c2ccccc2)=C1. The van der Waals surface area contributed by atoms with Gasteiger partial charge in [0.25, 0.3) is 0 Å². The van der Waals surface area contributed by atoms with Gasteiger partial charge in [0.15, 0.2) is 0 Å². The highest BCUT2D eigenvalue weighted by Crippen LogP contribution is 2.43. The molecule has 0 nitrogen and oxygen atoms in total. The fourth-order valence-corrected chi connectivity index (χ4v) is 3.19. The Hall–Kier alpha value is -1.73. The van der Waals surface area contributed by atoms with Gasteiger partial charge in [-0.15, -0.1) is 11.8 Å². The topological polar surface area (TPSA) is 0 Å². The molecule has 0 N–H and O–H groups in total. The average Bonchev–Trinajstić information content (AvgIpc) is 2.49. The van der Waals surface area contributed by atoms with E-state index in [4.69, 9.17) is 0 Å². The third kappa shape index (κ3) is 2.27. The van der Waals surface area contributed by atoms with E-state index in [2.05, 4.69) is 78.2 Å². The van der Waals surface area contributed by atoms with Crippen molar-refractivity contribution in [1.29, 1.82) is 0 Å². The van der Waals surface area contributed by atoms with E-state index in [-0.39, 0.29) is 0 Å². The van der Waals surface area contributed by atoms with E-state index in [1.807, 2.05) is 11.8 Å². The molecule has 1 unspecified atom stereocenters. The van der Waals surface area contributed by atoms with Crippen molar-refractivity contribution in [1.82, 2.24) is 0 Å². The first-order valence-corrected chi connectivity index (χ1v) is 7.02. The summed E-state index contributed by atoms with van der Waals surface area (Å²) in [6.07, 6.45) is 4.36. The van der Waals surface area contributed by atoms with Gasteiger partial charge in [-0.3, -0.25) is 0 Å². The smallest absolute Gasteiger partial charge is 0.0593 e. The van der Waals surface area contributed by atoms with Crippen molar-refractivity contribution in [3.63, 3.8) is 0 Å². The van der Waals surface area contributed by atoms with Gasteiger partial charge < -0.3 is 0 Å². The van der Waals surface area contributed by atoms with E-state index in [9.17, 15) is 0 Å². The molecule has 2 aromatic rings. The van der Waals surface area contributed by atoms with Crippen LogP contribution in [0.5, 0.6) is 0 Å². The molecule has 1 aliphatic heterocycles. The number of rotatable bonds is 2. The van der Waals surface area contributed by atoms with Crippen LogP contribution >= 0.6 is 11.8 Å². The molecule has 1 aliphatic rings. The maximum Gasteiger partial charge on any atom is 0.0593 e. The van der Waals surface area contributed by atoms with Crippen molar-refractivity contribution in [3.05, 3.63) is 89.4 Å². The quantitative estimate of drug-likeness (QED) is 0.717. The first-order chi connectivity index (χ1) is 8.95. The fourth-order valence-electron chi connectivity index (χ4n) is 2.19. The monoisotopic (exact) mass is 250 g/mol. The molecule has 1 heterocycles. The van der Waals surface area contributed by atoms with Gasteiger partial charge in [-0.1, -0.05) is 72.8 Å². The lowest BCUT2D eigenvalue weighted by atomic mass is 9.97. The minimum atomic E-state index is 0.401. The number of thioether (sulfide) groups is 1. The second-order valence-corrected chi connectivity index (χ2v) is 5.26. The Labute approximate surface area is 112 Å². The lowest BCUT2D eigenvalue weighted by Crippen LogP contribution is -1.99. The summed E-state index contributed by atoms with van der Waals surface area (Å²) < 4.78 is 0. The van der Waals surface area contributed by atoms with Crippen LogP contribution in [0.1, 0.15) is 16.4 Å². The highest BCUT2D eigenvalue weighted by Gasteiger charge is 2.18. The van der Waals surface area contributed by atoms with Crippen LogP contribution in [0.4, 0.5) is 0 Å². The number of hydrogen-bond acceptors (Lipinski definition) is 1. The Kier molecular flexibility index (Phi) is 3.33. The molecule has 0 fully saturated rings. The van der Waals surface area contributed by atoms with Crippen LogP contribution in [-0.4, -0.2) is 0 Å². The molecule has 88 valence electrons. The van der Waals surface area contributed by atoms with E-state index >= 15 is 0 Å². The van der Waals surface area contributed by atoms with Crippen molar-refractivity contribution >= 4 is 17.3 Å². The molecule has 0 saturated carbocycles. The lowest BCUT2D eigenvalue weighted by Gasteiger charge is -2.21. The fraction of sp³-hybridized carbons (Fsp3) is 0.0588. The Morgan fingerprint density at radius 1 is 0.778 bits per heavy atom. The molecule has 3 rings (SSSR count). The van der Waals surface area contributed by atoms with Gasteiger partial charge in [0.05, 0.1) is 5.25 Å². The zero-order valence-electron chi connectivity index (χ0n) is 9.99. The van der Waals surface area contributed by atoms with E-state index in [1.54, 1.807) is 0 Å². The molecule has 0 aliphatic carbocycles. The first-order valence-electron chi connectivity index (χ1n) is 6.08. The Bertz CT molecular complexity index is 567. The summed E-state index contributed by atoms with van der Waals surface area (Å²) in [4.78, 5) is 0. The molecule has 0 spiro atoms. The van der Waals surface area contributed by atoms with E-state index < -0.39 is 0 Å². The molecule has 1 heteroatoms. The molecule has 2 aromatic carbocycles. The van der Waals surface area contributed by atoms with Crippen molar-refractivity contribution < 1.29 is 0 Å². The summed E-state index contributed by atoms with van der Waals surface area (Å²) in [5.74, 6) is 0. The lowest BCUT2D eigenvalue weighted by molar-refractivity contribution is 1.24. The summed E-state index contributed by atoms with van der Waals surface area (Å²) in [6, 6.07) is 21.3. The Morgan fingerprint density at radius 3 is 2.17 bits per heavy atom. The van der Waals surface area contributed by atoms with Gasteiger partial charge in [0.1, 0.15) is 0 Å². The van der Waals surface area contributed by atoms with Gasteiger partial charge in [-0.05, 0) is 22.1 Å². The highest BCUT2D eigenvalue weighted by atomic mass is 32.2. The maximum absolute atomic E-state index is 2.23.